The molecule has 0 saturated heterocycles. The number of nitrogens with zero attached hydrogens (tertiary/aromatic N) is 1. The number of rotatable bonds is 6. The van der Waals surface area contributed by atoms with Gasteiger partial charge in [-0.05, 0) is 37.8 Å². The van der Waals surface area contributed by atoms with E-state index in [4.69, 9.17) is 15.2 Å². The van der Waals surface area contributed by atoms with Crippen LogP contribution in [0.2, 0.25) is 0 Å². The van der Waals surface area contributed by atoms with Crippen molar-refractivity contribution in [1.29, 1.82) is 0 Å². The van der Waals surface area contributed by atoms with E-state index in [2.05, 4.69) is 4.98 Å². The second kappa shape index (κ2) is 7.32. The van der Waals surface area contributed by atoms with Crippen LogP contribution in [0.5, 0.6) is 0 Å². The first kappa shape index (κ1) is 17.1. The lowest BCUT2D eigenvalue weighted by Crippen LogP contribution is -2.44. The lowest BCUT2D eigenvalue weighted by molar-refractivity contribution is -0.142. The average molecular weight is 320 g/mol. The number of Topliss-reactive ketones (excluding diaryl/α,β-unsaturated/α-hetero) is 1. The molecule has 1 heterocycles. The van der Waals surface area contributed by atoms with Crippen LogP contribution >= 0.6 is 0 Å². The van der Waals surface area contributed by atoms with Crippen molar-refractivity contribution in [3.8, 4) is 0 Å². The molecule has 0 atom stereocenters. The van der Waals surface area contributed by atoms with Crippen LogP contribution in [0, 0.1) is 0 Å². The summed E-state index contributed by atoms with van der Waals surface area (Å²) >= 11 is 0. The number of hydrogen-bond acceptors (Lipinski definition) is 7. The lowest BCUT2D eigenvalue weighted by atomic mass is 9.96. The molecule has 1 fully saturated rings. The number of aromatic nitrogens is 1. The number of carbonyl (C=O) groups excluding carboxylic acids is 3. The Kier molecular flexibility index (Phi) is 5.44. The Bertz CT molecular complexity index is 591. The van der Waals surface area contributed by atoms with Crippen LogP contribution in [0.3, 0.4) is 0 Å². The minimum absolute atomic E-state index is 0.0419. The molecule has 1 aliphatic carbocycles. The summed E-state index contributed by atoms with van der Waals surface area (Å²) in [4.78, 5) is 39.1. The molecule has 1 saturated carbocycles. The SMILES string of the molecule is CC(=O)OCc1ccc(C(=O)OC2(C(=O)CN)CCCC2)cn1. The normalized spacial score (nSPS) is 15.9. The highest BCUT2D eigenvalue weighted by Gasteiger charge is 2.43. The first-order valence-electron chi connectivity index (χ1n) is 7.52. The number of ketones is 1. The fourth-order valence-corrected chi connectivity index (χ4v) is 2.61. The van der Waals surface area contributed by atoms with E-state index in [0.29, 0.717) is 18.5 Å². The molecule has 124 valence electrons. The summed E-state index contributed by atoms with van der Waals surface area (Å²) in [6.07, 6.45) is 4.02. The van der Waals surface area contributed by atoms with Gasteiger partial charge in [0.05, 0.1) is 17.8 Å². The monoisotopic (exact) mass is 320 g/mol. The summed E-state index contributed by atoms with van der Waals surface area (Å²) in [6, 6.07) is 3.11. The van der Waals surface area contributed by atoms with Crippen LogP contribution < -0.4 is 5.73 Å². The summed E-state index contributed by atoms with van der Waals surface area (Å²) in [5.41, 5.74) is 5.10. The zero-order valence-electron chi connectivity index (χ0n) is 13.0. The minimum Gasteiger partial charge on any atom is -0.459 e. The quantitative estimate of drug-likeness (QED) is 0.783. The summed E-state index contributed by atoms with van der Waals surface area (Å²) < 4.78 is 10.3. The van der Waals surface area contributed by atoms with Gasteiger partial charge in [0.1, 0.15) is 6.61 Å². The molecule has 2 N–H and O–H groups in total. The van der Waals surface area contributed by atoms with Crippen LogP contribution in [0.25, 0.3) is 0 Å². The Morgan fingerprint density at radius 1 is 1.26 bits per heavy atom. The first-order valence-corrected chi connectivity index (χ1v) is 7.52. The molecule has 7 nitrogen and oxygen atoms in total. The summed E-state index contributed by atoms with van der Waals surface area (Å²) in [5, 5.41) is 0. The van der Waals surface area contributed by atoms with E-state index in [1.807, 2.05) is 0 Å². The zero-order valence-corrected chi connectivity index (χ0v) is 13.0. The van der Waals surface area contributed by atoms with Gasteiger partial charge >= 0.3 is 11.9 Å². The molecule has 1 aliphatic rings. The average Bonchev–Trinajstić information content (AvgIpc) is 3.02. The molecule has 1 aromatic heterocycles. The third kappa shape index (κ3) is 4.13. The van der Waals surface area contributed by atoms with E-state index < -0.39 is 17.5 Å². The fraction of sp³-hybridized carbons (Fsp3) is 0.500. The van der Waals surface area contributed by atoms with E-state index in [1.165, 1.54) is 19.2 Å². The van der Waals surface area contributed by atoms with Gasteiger partial charge in [0.25, 0.3) is 0 Å². The van der Waals surface area contributed by atoms with Crippen molar-refractivity contribution in [1.82, 2.24) is 4.98 Å². The van der Waals surface area contributed by atoms with Crippen molar-refractivity contribution >= 4 is 17.7 Å². The number of carbonyl (C=O) groups is 3. The Labute approximate surface area is 134 Å². The predicted octanol–water partition coefficient (Wildman–Crippen LogP) is 1.14. The van der Waals surface area contributed by atoms with E-state index in [-0.39, 0.29) is 24.5 Å². The van der Waals surface area contributed by atoms with Crippen molar-refractivity contribution < 1.29 is 23.9 Å². The zero-order chi connectivity index (χ0) is 16.9. The topological polar surface area (TPSA) is 109 Å². The van der Waals surface area contributed by atoms with Crippen LogP contribution in [0.15, 0.2) is 18.3 Å². The molecule has 1 aromatic rings. The summed E-state index contributed by atoms with van der Waals surface area (Å²) in [5.74, 6) is -1.25. The van der Waals surface area contributed by atoms with Crippen molar-refractivity contribution in [3.05, 3.63) is 29.6 Å². The maximum absolute atomic E-state index is 12.3. The molecule has 0 spiro atoms. The van der Waals surface area contributed by atoms with Crippen LogP contribution in [-0.2, 0) is 25.7 Å². The van der Waals surface area contributed by atoms with Gasteiger partial charge in [0, 0.05) is 13.1 Å². The van der Waals surface area contributed by atoms with Crippen molar-refractivity contribution in [3.63, 3.8) is 0 Å². The number of ether oxygens (including phenoxy) is 2. The minimum atomic E-state index is -1.09. The van der Waals surface area contributed by atoms with E-state index in [1.54, 1.807) is 6.07 Å². The number of hydrogen-bond donors (Lipinski definition) is 1. The second-order valence-electron chi connectivity index (χ2n) is 5.54. The van der Waals surface area contributed by atoms with E-state index in [9.17, 15) is 14.4 Å². The molecule has 23 heavy (non-hydrogen) atoms. The maximum atomic E-state index is 12.3. The molecule has 0 bridgehead atoms. The van der Waals surface area contributed by atoms with Gasteiger partial charge < -0.3 is 15.2 Å². The molecule has 0 radical (unpaired) electrons. The molecule has 0 unspecified atom stereocenters. The van der Waals surface area contributed by atoms with Crippen LogP contribution in [0.1, 0.15) is 48.7 Å². The molecule has 0 aliphatic heterocycles. The van der Waals surface area contributed by atoms with Crippen molar-refractivity contribution in [2.75, 3.05) is 6.54 Å². The van der Waals surface area contributed by atoms with Crippen molar-refractivity contribution in [2.24, 2.45) is 5.73 Å². The van der Waals surface area contributed by atoms with Gasteiger partial charge in [0.2, 0.25) is 0 Å². The second-order valence-corrected chi connectivity index (χ2v) is 5.54. The first-order chi connectivity index (χ1) is 11.0. The fourth-order valence-electron chi connectivity index (χ4n) is 2.61. The molecular formula is C16H20N2O5. The van der Waals surface area contributed by atoms with Crippen LogP contribution in [0.4, 0.5) is 0 Å². The van der Waals surface area contributed by atoms with Gasteiger partial charge in [-0.2, -0.15) is 0 Å². The Morgan fingerprint density at radius 2 is 1.96 bits per heavy atom. The largest absolute Gasteiger partial charge is 0.459 e. The van der Waals surface area contributed by atoms with Gasteiger partial charge in [0.15, 0.2) is 11.4 Å². The number of esters is 2. The highest BCUT2D eigenvalue weighted by atomic mass is 16.6. The number of pyridine rings is 1. The molecule has 0 aromatic carbocycles. The molecular weight excluding hydrogens is 300 g/mol. The lowest BCUT2D eigenvalue weighted by Gasteiger charge is -2.26. The summed E-state index contributed by atoms with van der Waals surface area (Å²) in [6.45, 7) is 1.20. The molecule has 0 amide bonds. The highest BCUT2D eigenvalue weighted by molar-refractivity contribution is 5.95. The van der Waals surface area contributed by atoms with Gasteiger partial charge in [-0.1, -0.05) is 0 Å². The van der Waals surface area contributed by atoms with Crippen molar-refractivity contribution in [2.45, 2.75) is 44.8 Å². The summed E-state index contributed by atoms with van der Waals surface area (Å²) in [7, 11) is 0. The van der Waals surface area contributed by atoms with Gasteiger partial charge in [-0.3, -0.25) is 14.6 Å². The van der Waals surface area contributed by atoms with Gasteiger partial charge in [-0.15, -0.1) is 0 Å². The molecule has 7 heteroatoms. The predicted molar refractivity (Wildman–Crippen MR) is 80.4 cm³/mol. The Morgan fingerprint density at radius 3 is 2.48 bits per heavy atom. The van der Waals surface area contributed by atoms with Gasteiger partial charge in [-0.25, -0.2) is 4.79 Å². The maximum Gasteiger partial charge on any atom is 0.340 e. The third-order valence-corrected chi connectivity index (χ3v) is 3.88. The Balaban J connectivity index is 2.05. The third-order valence-electron chi connectivity index (χ3n) is 3.88. The van der Waals surface area contributed by atoms with E-state index in [0.717, 1.165) is 12.8 Å². The Hall–Kier alpha value is -2.28. The number of nitrogens with two attached hydrogens (primary N) is 1. The highest BCUT2D eigenvalue weighted by Crippen LogP contribution is 2.34. The smallest absolute Gasteiger partial charge is 0.340 e. The standard InChI is InChI=1S/C16H20N2O5/c1-11(19)22-10-13-5-4-12(9-18-13)15(21)23-16(14(20)8-17)6-2-3-7-16/h4-5,9H,2-3,6-8,10,17H2,1H3. The molecule has 2 rings (SSSR count). The van der Waals surface area contributed by atoms with E-state index >= 15 is 0 Å². The van der Waals surface area contributed by atoms with Crippen LogP contribution in [-0.4, -0.2) is 34.9 Å².